The minimum Gasteiger partial charge on any atom is -0.467 e. The molecule has 0 unspecified atom stereocenters. The van der Waals surface area contributed by atoms with Gasteiger partial charge in [-0.3, -0.25) is 19.3 Å². The summed E-state index contributed by atoms with van der Waals surface area (Å²) in [5, 5.41) is 8.30. The minimum atomic E-state index is -1.06. The highest BCUT2D eigenvalue weighted by Crippen LogP contribution is 2.33. The number of rotatable bonds is 7. The van der Waals surface area contributed by atoms with Gasteiger partial charge in [0.2, 0.25) is 0 Å². The van der Waals surface area contributed by atoms with Crippen LogP contribution in [0, 0.1) is 6.92 Å². The number of hydrogen-bond acceptors (Lipinski definition) is 7. The molecule has 1 aromatic carbocycles. The van der Waals surface area contributed by atoms with Gasteiger partial charge in [-0.05, 0) is 38.0 Å². The predicted molar refractivity (Wildman–Crippen MR) is 121 cm³/mol. The van der Waals surface area contributed by atoms with Gasteiger partial charge in [-0.15, -0.1) is 0 Å². The van der Waals surface area contributed by atoms with Crippen molar-refractivity contribution < 1.29 is 28.3 Å². The molecule has 0 radical (unpaired) electrons. The zero-order valence-electron chi connectivity index (χ0n) is 19.2. The average Bonchev–Trinajstić information content (AvgIpc) is 3.54. The van der Waals surface area contributed by atoms with E-state index in [4.69, 9.17) is 9.15 Å². The lowest BCUT2D eigenvalue weighted by Crippen LogP contribution is -2.43. The molecule has 10 nitrogen and oxygen atoms in total. The van der Waals surface area contributed by atoms with Gasteiger partial charge in [0, 0.05) is 6.42 Å². The number of aryl methyl sites for hydroxylation is 1. The van der Waals surface area contributed by atoms with Gasteiger partial charge < -0.3 is 14.5 Å². The second kappa shape index (κ2) is 9.12. The fourth-order valence-corrected chi connectivity index (χ4v) is 3.88. The highest BCUT2D eigenvalue weighted by molar-refractivity contribution is 6.08. The van der Waals surface area contributed by atoms with Crippen LogP contribution in [0.4, 0.5) is 4.79 Å². The maximum Gasteiger partial charge on any atom is 0.326 e. The van der Waals surface area contributed by atoms with Gasteiger partial charge in [-0.1, -0.05) is 36.8 Å². The molecule has 2 aliphatic heterocycles. The zero-order valence-corrected chi connectivity index (χ0v) is 19.2. The van der Waals surface area contributed by atoms with Crippen LogP contribution in [0.15, 0.2) is 52.2 Å². The van der Waals surface area contributed by atoms with Crippen LogP contribution in [0.5, 0.6) is 0 Å². The van der Waals surface area contributed by atoms with Crippen LogP contribution < -0.4 is 5.32 Å². The summed E-state index contributed by atoms with van der Waals surface area (Å²) in [7, 11) is 0. The zero-order chi connectivity index (χ0) is 24.5. The Labute approximate surface area is 196 Å². The molecule has 1 N–H and O–H groups in total. The Balaban J connectivity index is 1.43. The molecule has 4 amide bonds. The van der Waals surface area contributed by atoms with Crippen molar-refractivity contribution in [3.63, 3.8) is 0 Å². The molecule has 1 aromatic heterocycles. The number of imide groups is 1. The SMILES string of the molecule is CC[C@@]1(C)NC(=O)N(CC(=O)OCC(=O)N2N=C(c3ccc(C)cc3)C[C@@H]2c2ccco2)C1=O. The van der Waals surface area contributed by atoms with Crippen molar-refractivity contribution in [3.05, 3.63) is 59.5 Å². The third-order valence-electron chi connectivity index (χ3n) is 6.12. The van der Waals surface area contributed by atoms with E-state index < -0.39 is 48.5 Å². The lowest BCUT2D eigenvalue weighted by Gasteiger charge is -2.20. The van der Waals surface area contributed by atoms with E-state index in [1.165, 1.54) is 11.3 Å². The smallest absolute Gasteiger partial charge is 0.326 e. The first-order valence-corrected chi connectivity index (χ1v) is 11.0. The summed E-state index contributed by atoms with van der Waals surface area (Å²) in [5.41, 5.74) is 1.64. The van der Waals surface area contributed by atoms with E-state index in [2.05, 4.69) is 10.4 Å². The van der Waals surface area contributed by atoms with Gasteiger partial charge in [-0.25, -0.2) is 9.80 Å². The first kappa shape index (κ1) is 23.2. The summed E-state index contributed by atoms with van der Waals surface area (Å²) in [6.07, 6.45) is 2.34. The third kappa shape index (κ3) is 4.43. The summed E-state index contributed by atoms with van der Waals surface area (Å²) < 4.78 is 10.6. The van der Waals surface area contributed by atoms with Crippen LogP contribution in [0.2, 0.25) is 0 Å². The van der Waals surface area contributed by atoms with Crippen molar-refractivity contribution in [2.75, 3.05) is 13.2 Å². The maximum atomic E-state index is 12.9. The number of urea groups is 1. The quantitative estimate of drug-likeness (QED) is 0.494. The van der Waals surface area contributed by atoms with Crippen molar-refractivity contribution in [3.8, 4) is 0 Å². The van der Waals surface area contributed by atoms with Crippen molar-refractivity contribution >= 4 is 29.5 Å². The molecular formula is C24H26N4O6. The van der Waals surface area contributed by atoms with Gasteiger partial charge in [0.25, 0.3) is 11.8 Å². The van der Waals surface area contributed by atoms with Gasteiger partial charge >= 0.3 is 12.0 Å². The molecule has 3 heterocycles. The Kier molecular flexibility index (Phi) is 6.23. The number of amides is 4. The topological polar surface area (TPSA) is 122 Å². The number of carbonyl (C=O) groups excluding carboxylic acids is 4. The Morgan fingerprint density at radius 3 is 2.59 bits per heavy atom. The number of furan rings is 1. The van der Waals surface area contributed by atoms with Crippen LogP contribution >= 0.6 is 0 Å². The number of carbonyl (C=O) groups is 4. The van der Waals surface area contributed by atoms with Crippen LogP contribution in [0.1, 0.15) is 49.6 Å². The van der Waals surface area contributed by atoms with Crippen molar-refractivity contribution in [1.29, 1.82) is 0 Å². The Morgan fingerprint density at radius 1 is 1.24 bits per heavy atom. The number of esters is 1. The molecule has 2 aliphatic rings. The monoisotopic (exact) mass is 466 g/mol. The average molecular weight is 466 g/mol. The van der Waals surface area contributed by atoms with E-state index in [1.807, 2.05) is 31.2 Å². The molecule has 2 atom stereocenters. The lowest BCUT2D eigenvalue weighted by atomic mass is 9.99. The van der Waals surface area contributed by atoms with Gasteiger partial charge in [0.1, 0.15) is 23.9 Å². The van der Waals surface area contributed by atoms with E-state index >= 15 is 0 Å². The van der Waals surface area contributed by atoms with E-state index in [0.29, 0.717) is 24.3 Å². The number of hydrogen-bond donors (Lipinski definition) is 1. The summed E-state index contributed by atoms with van der Waals surface area (Å²) in [6.45, 7) is 4.17. The number of benzene rings is 1. The van der Waals surface area contributed by atoms with Crippen LogP contribution in [-0.2, 0) is 19.1 Å². The van der Waals surface area contributed by atoms with E-state index in [0.717, 1.165) is 16.0 Å². The largest absolute Gasteiger partial charge is 0.467 e. The molecule has 1 saturated heterocycles. The first-order chi connectivity index (χ1) is 16.2. The number of nitrogens with zero attached hydrogens (tertiary/aromatic N) is 3. The van der Waals surface area contributed by atoms with E-state index in [9.17, 15) is 19.2 Å². The highest BCUT2D eigenvalue weighted by Gasteiger charge is 2.47. The molecular weight excluding hydrogens is 440 g/mol. The second-order valence-corrected chi connectivity index (χ2v) is 8.55. The standard InChI is InChI=1S/C24H26N4O6/c1-4-24(3)22(31)27(23(32)25-24)13-21(30)34-14-20(29)28-18(19-6-5-11-33-19)12-17(26-28)16-9-7-15(2)8-10-16/h5-11,18H,4,12-14H2,1-3H3,(H,25,32)/t18-,24-/m1/s1. The molecule has 10 heteroatoms. The maximum absolute atomic E-state index is 12.9. The molecule has 0 spiro atoms. The Bertz CT molecular complexity index is 1140. The minimum absolute atomic E-state index is 0.381. The van der Waals surface area contributed by atoms with Crippen molar-refractivity contribution in [1.82, 2.24) is 15.2 Å². The lowest BCUT2D eigenvalue weighted by molar-refractivity contribution is -0.154. The molecule has 0 aliphatic carbocycles. The summed E-state index contributed by atoms with van der Waals surface area (Å²) in [4.78, 5) is 50.6. The summed E-state index contributed by atoms with van der Waals surface area (Å²) >= 11 is 0. The number of nitrogens with one attached hydrogen (secondary N) is 1. The van der Waals surface area contributed by atoms with Gasteiger partial charge in [-0.2, -0.15) is 5.10 Å². The third-order valence-corrected chi connectivity index (χ3v) is 6.12. The molecule has 0 bridgehead atoms. The van der Waals surface area contributed by atoms with Gasteiger partial charge in [0.05, 0.1) is 12.0 Å². The van der Waals surface area contributed by atoms with Crippen molar-refractivity contribution in [2.45, 2.75) is 45.2 Å². The number of ether oxygens (including phenoxy) is 1. The van der Waals surface area contributed by atoms with Gasteiger partial charge in [0.15, 0.2) is 6.61 Å². The molecule has 34 heavy (non-hydrogen) atoms. The van der Waals surface area contributed by atoms with E-state index in [-0.39, 0.29) is 0 Å². The summed E-state index contributed by atoms with van der Waals surface area (Å²) in [5.74, 6) is -1.36. The normalized spacial score (nSPS) is 22.1. The highest BCUT2D eigenvalue weighted by atomic mass is 16.5. The van der Waals surface area contributed by atoms with Crippen LogP contribution in [-0.4, -0.2) is 58.1 Å². The van der Waals surface area contributed by atoms with Crippen molar-refractivity contribution in [2.24, 2.45) is 5.10 Å². The molecule has 0 saturated carbocycles. The van der Waals surface area contributed by atoms with Crippen LogP contribution in [0.3, 0.4) is 0 Å². The molecule has 178 valence electrons. The second-order valence-electron chi connectivity index (χ2n) is 8.55. The predicted octanol–water partition coefficient (Wildman–Crippen LogP) is 2.53. The Hall–Kier alpha value is -3.95. The number of hydrazone groups is 1. The molecule has 4 rings (SSSR count). The molecule has 1 fully saturated rings. The molecule has 2 aromatic rings. The Morgan fingerprint density at radius 2 is 1.97 bits per heavy atom. The fourth-order valence-electron chi connectivity index (χ4n) is 3.88. The van der Waals surface area contributed by atoms with E-state index in [1.54, 1.807) is 26.0 Å². The van der Waals surface area contributed by atoms with Crippen LogP contribution in [0.25, 0.3) is 0 Å². The first-order valence-electron chi connectivity index (χ1n) is 11.0. The summed E-state index contributed by atoms with van der Waals surface area (Å²) in [6, 6.07) is 10.1. The fraction of sp³-hybridized carbons (Fsp3) is 0.375.